The Morgan fingerprint density at radius 2 is 1.79 bits per heavy atom. The van der Waals surface area contributed by atoms with Crippen molar-refractivity contribution in [2.45, 2.75) is 11.3 Å². The van der Waals surface area contributed by atoms with Crippen LogP contribution in [0.15, 0.2) is 59.6 Å². The van der Waals surface area contributed by atoms with E-state index in [4.69, 9.17) is 0 Å². The number of hydrogen-bond acceptors (Lipinski definition) is 5. The molecule has 0 saturated carbocycles. The van der Waals surface area contributed by atoms with Gasteiger partial charge in [0.05, 0.1) is 11.2 Å². The Bertz CT molecular complexity index is 1140. The predicted molar refractivity (Wildman–Crippen MR) is 112 cm³/mol. The SMILES string of the molecule is O=S(=O)(c1cnc2ccc(N3CCNCC3)cc2c1)N1CCc2ccccc21. The maximum atomic E-state index is 13.3. The van der Waals surface area contributed by atoms with Crippen molar-refractivity contribution in [1.29, 1.82) is 0 Å². The van der Waals surface area contributed by atoms with E-state index in [1.165, 1.54) is 10.5 Å². The van der Waals surface area contributed by atoms with Crippen LogP contribution < -0.4 is 14.5 Å². The summed E-state index contributed by atoms with van der Waals surface area (Å²) in [5, 5.41) is 4.20. The highest BCUT2D eigenvalue weighted by molar-refractivity contribution is 7.92. The number of benzene rings is 2. The highest BCUT2D eigenvalue weighted by Gasteiger charge is 2.31. The van der Waals surface area contributed by atoms with Crippen molar-refractivity contribution in [3.8, 4) is 0 Å². The van der Waals surface area contributed by atoms with Gasteiger partial charge in [0.25, 0.3) is 10.0 Å². The lowest BCUT2D eigenvalue weighted by Gasteiger charge is -2.29. The van der Waals surface area contributed by atoms with Crippen LogP contribution >= 0.6 is 0 Å². The van der Waals surface area contributed by atoms with Gasteiger partial charge in [0.2, 0.25) is 0 Å². The Balaban J connectivity index is 1.53. The van der Waals surface area contributed by atoms with E-state index < -0.39 is 10.0 Å². The molecule has 3 heterocycles. The number of sulfonamides is 1. The maximum absolute atomic E-state index is 13.3. The lowest BCUT2D eigenvalue weighted by molar-refractivity contribution is 0.589. The molecule has 2 aromatic carbocycles. The van der Waals surface area contributed by atoms with Crippen molar-refractivity contribution >= 4 is 32.3 Å². The monoisotopic (exact) mass is 394 g/mol. The summed E-state index contributed by atoms with van der Waals surface area (Å²) in [4.78, 5) is 6.98. The zero-order chi connectivity index (χ0) is 19.1. The number of para-hydroxylation sites is 1. The average Bonchev–Trinajstić information content (AvgIpc) is 3.18. The van der Waals surface area contributed by atoms with Gasteiger partial charge in [0, 0.05) is 50.0 Å². The second-order valence-corrected chi connectivity index (χ2v) is 9.10. The van der Waals surface area contributed by atoms with E-state index in [-0.39, 0.29) is 4.90 Å². The van der Waals surface area contributed by atoms with Crippen LogP contribution in [0.1, 0.15) is 5.56 Å². The van der Waals surface area contributed by atoms with Gasteiger partial charge in [-0.3, -0.25) is 9.29 Å². The minimum Gasteiger partial charge on any atom is -0.369 e. The van der Waals surface area contributed by atoms with Crippen LogP contribution in [0.25, 0.3) is 10.9 Å². The van der Waals surface area contributed by atoms with Gasteiger partial charge < -0.3 is 10.2 Å². The Hall–Kier alpha value is -2.64. The summed E-state index contributed by atoms with van der Waals surface area (Å²) >= 11 is 0. The first-order valence-electron chi connectivity index (χ1n) is 9.59. The number of anilines is 2. The number of fused-ring (bicyclic) bond motifs is 2. The van der Waals surface area contributed by atoms with Crippen LogP contribution in [0.4, 0.5) is 11.4 Å². The number of nitrogens with zero attached hydrogens (tertiary/aromatic N) is 3. The largest absolute Gasteiger partial charge is 0.369 e. The zero-order valence-electron chi connectivity index (χ0n) is 15.5. The van der Waals surface area contributed by atoms with Gasteiger partial charge in [0.15, 0.2) is 0 Å². The molecular weight excluding hydrogens is 372 g/mol. The molecule has 1 N–H and O–H groups in total. The van der Waals surface area contributed by atoms with Crippen molar-refractivity contribution in [2.24, 2.45) is 0 Å². The summed E-state index contributed by atoms with van der Waals surface area (Å²) in [7, 11) is -3.63. The minimum absolute atomic E-state index is 0.245. The van der Waals surface area contributed by atoms with Gasteiger partial charge in [-0.15, -0.1) is 0 Å². The van der Waals surface area contributed by atoms with E-state index >= 15 is 0 Å². The van der Waals surface area contributed by atoms with E-state index in [1.54, 1.807) is 6.07 Å². The molecule has 0 spiro atoms. The second-order valence-electron chi connectivity index (χ2n) is 7.24. The minimum atomic E-state index is -3.63. The lowest BCUT2D eigenvalue weighted by atomic mass is 10.1. The van der Waals surface area contributed by atoms with Crippen molar-refractivity contribution in [3.63, 3.8) is 0 Å². The summed E-state index contributed by atoms with van der Waals surface area (Å²) in [6, 6.07) is 15.5. The number of pyridine rings is 1. The molecule has 2 aliphatic rings. The smallest absolute Gasteiger partial charge is 0.265 e. The Labute approximate surface area is 164 Å². The molecule has 0 atom stereocenters. The summed E-state index contributed by atoms with van der Waals surface area (Å²) in [6.07, 6.45) is 2.21. The van der Waals surface area contributed by atoms with E-state index in [0.717, 1.165) is 60.4 Å². The van der Waals surface area contributed by atoms with Crippen LogP contribution in [-0.2, 0) is 16.4 Å². The number of rotatable bonds is 3. The van der Waals surface area contributed by atoms with Crippen molar-refractivity contribution in [3.05, 3.63) is 60.3 Å². The quantitative estimate of drug-likeness (QED) is 0.739. The molecule has 0 aliphatic carbocycles. The normalized spacial score (nSPS) is 17.1. The Kier molecular flexibility index (Phi) is 4.21. The van der Waals surface area contributed by atoms with Crippen molar-refractivity contribution in [1.82, 2.24) is 10.3 Å². The standard InChI is InChI=1S/C21H22N4O2S/c26-28(27,25-10-7-16-3-1-2-4-21(16)25)19-14-17-13-18(5-6-20(17)23-15-19)24-11-8-22-9-12-24/h1-6,13-15,22H,7-12H2. The Morgan fingerprint density at radius 3 is 2.64 bits per heavy atom. The molecule has 7 heteroatoms. The first kappa shape index (κ1) is 17.5. The highest BCUT2D eigenvalue weighted by Crippen LogP contribution is 2.33. The van der Waals surface area contributed by atoms with Gasteiger partial charge >= 0.3 is 0 Å². The molecule has 0 radical (unpaired) electrons. The van der Waals surface area contributed by atoms with E-state index in [9.17, 15) is 8.42 Å². The zero-order valence-corrected chi connectivity index (χ0v) is 16.3. The third-order valence-electron chi connectivity index (χ3n) is 5.55. The molecule has 144 valence electrons. The predicted octanol–water partition coefficient (Wildman–Crippen LogP) is 2.40. The van der Waals surface area contributed by atoms with Gasteiger partial charge in [-0.25, -0.2) is 8.42 Å². The van der Waals surface area contributed by atoms with Crippen molar-refractivity contribution in [2.75, 3.05) is 41.9 Å². The van der Waals surface area contributed by atoms with Crippen LogP contribution in [0.2, 0.25) is 0 Å². The molecule has 1 fully saturated rings. The molecule has 0 bridgehead atoms. The second kappa shape index (κ2) is 6.76. The molecule has 2 aliphatic heterocycles. The molecule has 1 aromatic heterocycles. The van der Waals surface area contributed by atoms with Crippen LogP contribution in [0, 0.1) is 0 Å². The third-order valence-corrected chi connectivity index (χ3v) is 7.33. The first-order chi connectivity index (χ1) is 13.6. The fourth-order valence-electron chi connectivity index (χ4n) is 4.04. The average molecular weight is 395 g/mol. The topological polar surface area (TPSA) is 65.5 Å². The Morgan fingerprint density at radius 1 is 0.964 bits per heavy atom. The summed E-state index contributed by atoms with van der Waals surface area (Å²) in [5.74, 6) is 0. The maximum Gasteiger partial charge on any atom is 0.265 e. The van der Waals surface area contributed by atoms with Crippen LogP contribution in [0.3, 0.4) is 0 Å². The molecular formula is C21H22N4O2S. The fraction of sp³-hybridized carbons (Fsp3) is 0.286. The molecule has 28 heavy (non-hydrogen) atoms. The summed E-state index contributed by atoms with van der Waals surface area (Å²) in [5.41, 5.74) is 3.76. The van der Waals surface area contributed by atoms with Gasteiger partial charge in [0.1, 0.15) is 4.90 Å². The van der Waals surface area contributed by atoms with Crippen molar-refractivity contribution < 1.29 is 8.42 Å². The number of hydrogen-bond donors (Lipinski definition) is 1. The number of nitrogens with one attached hydrogen (secondary N) is 1. The highest BCUT2D eigenvalue weighted by atomic mass is 32.2. The fourth-order valence-corrected chi connectivity index (χ4v) is 5.53. The molecule has 3 aromatic rings. The van der Waals surface area contributed by atoms with Gasteiger partial charge in [-0.2, -0.15) is 0 Å². The summed E-state index contributed by atoms with van der Waals surface area (Å²) in [6.45, 7) is 4.28. The number of aromatic nitrogens is 1. The molecule has 5 rings (SSSR count). The van der Waals surface area contributed by atoms with Crippen LogP contribution in [0.5, 0.6) is 0 Å². The van der Waals surface area contributed by atoms with Gasteiger partial charge in [-0.1, -0.05) is 18.2 Å². The third kappa shape index (κ3) is 2.91. The molecule has 1 saturated heterocycles. The molecule has 0 unspecified atom stereocenters. The van der Waals surface area contributed by atoms with Crippen LogP contribution in [-0.4, -0.2) is 46.1 Å². The van der Waals surface area contributed by atoms with Gasteiger partial charge in [-0.05, 0) is 42.3 Å². The summed E-state index contributed by atoms with van der Waals surface area (Å²) < 4.78 is 28.1. The molecule has 6 nitrogen and oxygen atoms in total. The van der Waals surface area contributed by atoms with E-state index in [0.29, 0.717) is 6.54 Å². The first-order valence-corrected chi connectivity index (χ1v) is 11.0. The van der Waals surface area contributed by atoms with E-state index in [1.807, 2.05) is 36.4 Å². The van der Waals surface area contributed by atoms with E-state index in [2.05, 4.69) is 21.3 Å². The number of piperazine rings is 1. The molecule has 0 amide bonds. The lowest BCUT2D eigenvalue weighted by Crippen LogP contribution is -2.43.